The van der Waals surface area contributed by atoms with E-state index in [0.29, 0.717) is 28.3 Å². The third-order valence-corrected chi connectivity index (χ3v) is 5.14. The summed E-state index contributed by atoms with van der Waals surface area (Å²) in [4.78, 5) is 35.8. The second-order valence-corrected chi connectivity index (χ2v) is 9.90. The van der Waals surface area contributed by atoms with Crippen LogP contribution in [0.15, 0.2) is 48.7 Å². The third kappa shape index (κ3) is 7.67. The zero-order chi connectivity index (χ0) is 28.7. The van der Waals surface area contributed by atoms with Gasteiger partial charge in [-0.05, 0) is 65.0 Å². The highest BCUT2D eigenvalue weighted by Crippen LogP contribution is 2.36. The first-order valence-corrected chi connectivity index (χ1v) is 12.3. The molecule has 0 saturated heterocycles. The molecule has 0 atom stereocenters. The Morgan fingerprint density at radius 1 is 1.18 bits per heavy atom. The van der Waals surface area contributed by atoms with Gasteiger partial charge in [0, 0.05) is 29.1 Å². The molecule has 39 heavy (non-hydrogen) atoms. The maximum absolute atomic E-state index is 13.5. The molecule has 11 nitrogen and oxygen atoms in total. The maximum Gasteiger partial charge on any atom is 0.420 e. The van der Waals surface area contributed by atoms with Gasteiger partial charge in [0.1, 0.15) is 11.4 Å². The second-order valence-electron chi connectivity index (χ2n) is 9.90. The van der Waals surface area contributed by atoms with Crippen LogP contribution in [0.25, 0.3) is 11.4 Å². The molecule has 0 aliphatic rings. The minimum Gasteiger partial charge on any atom is -0.491 e. The fraction of sp³-hybridized carbons (Fsp3) is 0.321. The van der Waals surface area contributed by atoms with Crippen LogP contribution >= 0.6 is 0 Å². The number of nitrogens with one attached hydrogen (secondary N) is 2. The summed E-state index contributed by atoms with van der Waals surface area (Å²) in [5.74, 6) is 0.833. The molecule has 4 N–H and O–H groups in total. The van der Waals surface area contributed by atoms with Gasteiger partial charge in [-0.15, -0.1) is 0 Å². The molecule has 2 aromatic carbocycles. The molecule has 206 valence electrons. The standard InChI is InChI=1S/C28H34N6O5/c1-17(2)32-24(35)16-38-21-9-7-8-18(13-21)25-31-15-23(37-6)26(33-25)34(27(36)39-28(3,4)5)20-10-11-22(30)19(12-20)14-29/h7-15,17,29H,16,30H2,1-6H3,(H,32,35). The van der Waals surface area contributed by atoms with E-state index in [-0.39, 0.29) is 35.9 Å². The van der Waals surface area contributed by atoms with Crippen LogP contribution in [0, 0.1) is 5.41 Å². The first-order chi connectivity index (χ1) is 18.4. The van der Waals surface area contributed by atoms with Crippen molar-refractivity contribution in [2.24, 2.45) is 0 Å². The van der Waals surface area contributed by atoms with Gasteiger partial charge in [-0.3, -0.25) is 4.79 Å². The summed E-state index contributed by atoms with van der Waals surface area (Å²) in [5.41, 5.74) is 6.93. The largest absolute Gasteiger partial charge is 0.491 e. The molecule has 0 unspecified atom stereocenters. The van der Waals surface area contributed by atoms with Crippen LogP contribution in [0.5, 0.6) is 11.5 Å². The number of nitrogens with zero attached hydrogens (tertiary/aromatic N) is 3. The number of carbonyl (C=O) groups is 2. The van der Waals surface area contributed by atoms with Crippen molar-refractivity contribution in [2.45, 2.75) is 46.3 Å². The summed E-state index contributed by atoms with van der Waals surface area (Å²) in [7, 11) is 1.44. The van der Waals surface area contributed by atoms with E-state index in [1.165, 1.54) is 18.2 Å². The van der Waals surface area contributed by atoms with Gasteiger partial charge in [0.2, 0.25) is 0 Å². The van der Waals surface area contributed by atoms with Crippen molar-refractivity contribution in [3.63, 3.8) is 0 Å². The van der Waals surface area contributed by atoms with Gasteiger partial charge in [0.15, 0.2) is 24.0 Å². The van der Waals surface area contributed by atoms with Crippen LogP contribution in [-0.2, 0) is 9.53 Å². The number of nitrogen functional groups attached to an aromatic ring is 1. The van der Waals surface area contributed by atoms with Crippen molar-refractivity contribution in [3.8, 4) is 22.9 Å². The van der Waals surface area contributed by atoms with Crippen molar-refractivity contribution in [3.05, 3.63) is 54.2 Å². The van der Waals surface area contributed by atoms with Gasteiger partial charge < -0.3 is 30.7 Å². The number of ether oxygens (including phenoxy) is 3. The van der Waals surface area contributed by atoms with Gasteiger partial charge in [-0.2, -0.15) is 0 Å². The zero-order valence-corrected chi connectivity index (χ0v) is 22.9. The van der Waals surface area contributed by atoms with Gasteiger partial charge >= 0.3 is 6.09 Å². The number of carbonyl (C=O) groups excluding carboxylic acids is 2. The molecular weight excluding hydrogens is 500 g/mol. The van der Waals surface area contributed by atoms with Crippen LogP contribution in [0.4, 0.5) is 22.0 Å². The van der Waals surface area contributed by atoms with Crippen molar-refractivity contribution >= 4 is 35.4 Å². The molecule has 3 rings (SSSR count). The molecule has 0 bridgehead atoms. The predicted octanol–water partition coefficient (Wildman–Crippen LogP) is 4.71. The molecule has 3 aromatic rings. The van der Waals surface area contributed by atoms with Crippen molar-refractivity contribution in [2.75, 3.05) is 24.4 Å². The van der Waals surface area contributed by atoms with Crippen LogP contribution in [-0.4, -0.2) is 53.5 Å². The van der Waals surface area contributed by atoms with E-state index in [1.807, 2.05) is 13.8 Å². The second kappa shape index (κ2) is 12.2. The topological polar surface area (TPSA) is 153 Å². The summed E-state index contributed by atoms with van der Waals surface area (Å²) in [5, 5.41) is 10.5. The summed E-state index contributed by atoms with van der Waals surface area (Å²) in [6, 6.07) is 11.8. The Morgan fingerprint density at radius 3 is 2.56 bits per heavy atom. The predicted molar refractivity (Wildman–Crippen MR) is 150 cm³/mol. The first-order valence-electron chi connectivity index (χ1n) is 12.3. The molecule has 0 aliphatic heterocycles. The van der Waals surface area contributed by atoms with Gasteiger partial charge in [-0.25, -0.2) is 19.7 Å². The number of benzene rings is 2. The van der Waals surface area contributed by atoms with E-state index in [4.69, 9.17) is 25.4 Å². The molecule has 0 saturated carbocycles. The minimum atomic E-state index is -0.801. The van der Waals surface area contributed by atoms with E-state index in [0.717, 1.165) is 6.21 Å². The minimum absolute atomic E-state index is 0.00242. The lowest BCUT2D eigenvalue weighted by Crippen LogP contribution is -2.34. The monoisotopic (exact) mass is 534 g/mol. The Morgan fingerprint density at radius 2 is 1.92 bits per heavy atom. The summed E-state index contributed by atoms with van der Waals surface area (Å²) >= 11 is 0. The van der Waals surface area contributed by atoms with E-state index in [9.17, 15) is 9.59 Å². The SMILES string of the molecule is COc1cnc(-c2cccc(OCC(=O)NC(C)C)c2)nc1N(C(=O)OC(C)(C)C)c1ccc(N)c(C=N)c1. The third-order valence-electron chi connectivity index (χ3n) is 5.14. The number of hydrogen-bond donors (Lipinski definition) is 3. The van der Waals surface area contributed by atoms with E-state index < -0.39 is 11.7 Å². The highest BCUT2D eigenvalue weighted by molar-refractivity contribution is 5.98. The Hall–Kier alpha value is -4.67. The lowest BCUT2D eigenvalue weighted by molar-refractivity contribution is -0.123. The number of nitrogens with two attached hydrogens (primary N) is 1. The molecular formula is C28H34N6O5. The summed E-state index contributed by atoms with van der Waals surface area (Å²) in [6.07, 6.45) is 1.84. The van der Waals surface area contributed by atoms with Crippen LogP contribution in [0.1, 0.15) is 40.2 Å². The molecule has 2 amide bonds. The normalized spacial score (nSPS) is 11.1. The van der Waals surface area contributed by atoms with Gasteiger partial charge in [0.25, 0.3) is 5.91 Å². The molecule has 0 radical (unpaired) electrons. The average molecular weight is 535 g/mol. The van der Waals surface area contributed by atoms with E-state index in [2.05, 4.69) is 15.3 Å². The number of amides is 2. The van der Waals surface area contributed by atoms with Crippen molar-refractivity contribution in [1.82, 2.24) is 15.3 Å². The molecule has 1 aromatic heterocycles. The summed E-state index contributed by atoms with van der Waals surface area (Å²) in [6.45, 7) is 8.86. The molecule has 0 aliphatic carbocycles. The summed E-state index contributed by atoms with van der Waals surface area (Å²) < 4.78 is 16.8. The van der Waals surface area contributed by atoms with Crippen LogP contribution in [0.3, 0.4) is 0 Å². The number of hydrogen-bond acceptors (Lipinski definition) is 9. The molecule has 0 spiro atoms. The van der Waals surface area contributed by atoms with Crippen LogP contribution in [0.2, 0.25) is 0 Å². The Bertz CT molecular complexity index is 1350. The number of methoxy groups -OCH3 is 1. The molecule has 0 fully saturated rings. The number of anilines is 3. The van der Waals surface area contributed by atoms with Crippen molar-refractivity contribution < 1.29 is 23.8 Å². The zero-order valence-electron chi connectivity index (χ0n) is 22.9. The first kappa shape index (κ1) is 28.9. The average Bonchev–Trinajstić information content (AvgIpc) is 2.87. The Balaban J connectivity index is 2.06. The highest BCUT2D eigenvalue weighted by atomic mass is 16.6. The van der Waals surface area contributed by atoms with Gasteiger partial charge in [-0.1, -0.05) is 12.1 Å². The lowest BCUT2D eigenvalue weighted by atomic mass is 10.1. The molecule has 1 heterocycles. The number of rotatable bonds is 9. The fourth-order valence-electron chi connectivity index (χ4n) is 3.49. The Kier molecular flexibility index (Phi) is 9.08. The highest BCUT2D eigenvalue weighted by Gasteiger charge is 2.29. The lowest BCUT2D eigenvalue weighted by Gasteiger charge is -2.28. The molecule has 11 heteroatoms. The van der Waals surface area contributed by atoms with E-state index >= 15 is 0 Å². The van der Waals surface area contributed by atoms with Crippen LogP contribution < -0.4 is 25.4 Å². The van der Waals surface area contributed by atoms with Gasteiger partial charge in [0.05, 0.1) is 19.0 Å². The quantitative estimate of drug-likeness (QED) is 0.264. The van der Waals surface area contributed by atoms with Crippen molar-refractivity contribution in [1.29, 1.82) is 5.41 Å². The maximum atomic E-state index is 13.5. The smallest absolute Gasteiger partial charge is 0.420 e. The Labute approximate surface area is 227 Å². The number of aromatic nitrogens is 2. The van der Waals surface area contributed by atoms with E-state index in [1.54, 1.807) is 63.2 Å². The fourth-order valence-corrected chi connectivity index (χ4v) is 3.49.